The number of rotatable bonds is 7. The molecule has 0 heterocycles. The van der Waals surface area contributed by atoms with Crippen LogP contribution in [0.4, 0.5) is 8.78 Å². The maximum atomic E-state index is 13.1. The van der Waals surface area contributed by atoms with Crippen LogP contribution in [-0.2, 0) is 19.6 Å². The van der Waals surface area contributed by atoms with Crippen molar-refractivity contribution in [3.05, 3.63) is 64.7 Å². The van der Waals surface area contributed by atoms with Gasteiger partial charge in [-0.2, -0.15) is 4.72 Å². The van der Waals surface area contributed by atoms with E-state index in [-0.39, 0.29) is 10.5 Å². The lowest BCUT2D eigenvalue weighted by Gasteiger charge is -2.09. The van der Waals surface area contributed by atoms with E-state index < -0.39 is 46.6 Å². The summed E-state index contributed by atoms with van der Waals surface area (Å²) in [6.45, 7) is 2.18. The topological polar surface area (TPSA) is 89.5 Å². The number of benzene rings is 2. The van der Waals surface area contributed by atoms with Crippen LogP contribution in [0.3, 0.4) is 0 Å². The smallest absolute Gasteiger partial charge is 0.321 e. The Morgan fingerprint density at radius 1 is 1.00 bits per heavy atom. The number of ketones is 1. The highest BCUT2D eigenvalue weighted by Crippen LogP contribution is 2.14. The number of sulfonamides is 1. The van der Waals surface area contributed by atoms with Gasteiger partial charge in [-0.15, -0.1) is 0 Å². The molecule has 2 aromatic carbocycles. The fourth-order valence-electron chi connectivity index (χ4n) is 2.07. The Kier molecular flexibility index (Phi) is 6.40. The molecular weight excluding hydrogens is 380 g/mol. The highest BCUT2D eigenvalue weighted by molar-refractivity contribution is 7.89. The molecule has 0 saturated carbocycles. The van der Waals surface area contributed by atoms with Crippen molar-refractivity contribution in [1.29, 1.82) is 0 Å². The summed E-state index contributed by atoms with van der Waals surface area (Å²) in [6, 6.07) is 7.04. The number of ether oxygens (including phenoxy) is 1. The molecule has 1 N–H and O–H groups in total. The number of carbonyl (C=O) groups excluding carboxylic acids is 2. The molecule has 2 rings (SSSR count). The fraction of sp³-hybridized carbons (Fsp3) is 0.222. The molecule has 0 radical (unpaired) electrons. The normalized spacial score (nSPS) is 11.3. The van der Waals surface area contributed by atoms with E-state index in [0.717, 1.165) is 23.3 Å². The summed E-state index contributed by atoms with van der Waals surface area (Å²) in [5.41, 5.74) is 1.53. The molecular formula is C18H17F2NO5S. The minimum absolute atomic E-state index is 0.00346. The number of esters is 1. The first-order chi connectivity index (χ1) is 12.6. The third kappa shape index (κ3) is 5.41. The monoisotopic (exact) mass is 397 g/mol. The summed E-state index contributed by atoms with van der Waals surface area (Å²) in [7, 11) is -3.92. The van der Waals surface area contributed by atoms with Crippen molar-refractivity contribution in [2.75, 3.05) is 13.2 Å². The second-order valence-electron chi connectivity index (χ2n) is 5.78. The zero-order valence-corrected chi connectivity index (χ0v) is 15.4. The van der Waals surface area contributed by atoms with Crippen LogP contribution in [0, 0.1) is 25.5 Å². The molecule has 0 amide bonds. The lowest BCUT2D eigenvalue weighted by molar-refractivity contribution is -0.141. The predicted octanol–water partition coefficient (Wildman–Crippen LogP) is 2.29. The molecule has 0 spiro atoms. The second kappa shape index (κ2) is 8.36. The number of hydrogen-bond donors (Lipinski definition) is 1. The van der Waals surface area contributed by atoms with Gasteiger partial charge in [0.05, 0.1) is 4.90 Å². The molecule has 6 nitrogen and oxygen atoms in total. The van der Waals surface area contributed by atoms with Gasteiger partial charge < -0.3 is 4.74 Å². The van der Waals surface area contributed by atoms with Gasteiger partial charge in [0.1, 0.15) is 6.54 Å². The van der Waals surface area contributed by atoms with Crippen molar-refractivity contribution in [3.63, 3.8) is 0 Å². The Bertz CT molecular complexity index is 989. The summed E-state index contributed by atoms with van der Waals surface area (Å²) >= 11 is 0. The van der Waals surface area contributed by atoms with Crippen molar-refractivity contribution in [1.82, 2.24) is 4.72 Å². The van der Waals surface area contributed by atoms with Crippen LogP contribution in [0.25, 0.3) is 0 Å². The van der Waals surface area contributed by atoms with Gasteiger partial charge in [-0.1, -0.05) is 6.07 Å². The quantitative estimate of drug-likeness (QED) is 0.572. The van der Waals surface area contributed by atoms with Gasteiger partial charge in [0.15, 0.2) is 24.0 Å². The summed E-state index contributed by atoms with van der Waals surface area (Å²) in [6.07, 6.45) is 0. The van der Waals surface area contributed by atoms with Gasteiger partial charge in [0.2, 0.25) is 10.0 Å². The second-order valence-corrected chi connectivity index (χ2v) is 7.55. The first kappa shape index (κ1) is 20.7. The number of nitrogens with one attached hydrogen (secondary N) is 1. The third-order valence-electron chi connectivity index (χ3n) is 3.80. The third-order valence-corrected chi connectivity index (χ3v) is 5.20. The first-order valence-corrected chi connectivity index (χ1v) is 9.29. The summed E-state index contributed by atoms with van der Waals surface area (Å²) in [5, 5.41) is 0. The standard InChI is InChI=1S/C18H17F2NO5S/c1-11-3-5-14(7-12(11)2)27(24,25)21-9-18(23)26-10-17(22)13-4-6-15(19)16(20)8-13/h3-8,21H,9-10H2,1-2H3. The maximum Gasteiger partial charge on any atom is 0.321 e. The van der Waals surface area contributed by atoms with Crippen molar-refractivity contribution in [2.24, 2.45) is 0 Å². The number of carbonyl (C=O) groups is 2. The van der Waals surface area contributed by atoms with Gasteiger partial charge in [-0.3, -0.25) is 9.59 Å². The first-order valence-electron chi connectivity index (χ1n) is 7.81. The Morgan fingerprint density at radius 2 is 1.70 bits per heavy atom. The summed E-state index contributed by atoms with van der Waals surface area (Å²) in [4.78, 5) is 23.5. The van der Waals surface area contributed by atoms with E-state index in [2.05, 4.69) is 9.46 Å². The van der Waals surface area contributed by atoms with Gasteiger partial charge in [-0.05, 0) is 55.3 Å². The average Bonchev–Trinajstić information content (AvgIpc) is 2.62. The van der Waals surface area contributed by atoms with Crippen LogP contribution < -0.4 is 4.72 Å². The molecule has 0 bridgehead atoms. The minimum Gasteiger partial charge on any atom is -0.456 e. The number of hydrogen-bond acceptors (Lipinski definition) is 5. The Morgan fingerprint density at radius 3 is 2.33 bits per heavy atom. The minimum atomic E-state index is -3.92. The molecule has 0 atom stereocenters. The summed E-state index contributed by atoms with van der Waals surface area (Å²) in [5.74, 6) is -4.05. The lowest BCUT2D eigenvalue weighted by atomic mass is 10.1. The molecule has 27 heavy (non-hydrogen) atoms. The Balaban J connectivity index is 1.90. The van der Waals surface area contributed by atoms with E-state index in [1.54, 1.807) is 13.0 Å². The van der Waals surface area contributed by atoms with Crippen LogP contribution in [0.5, 0.6) is 0 Å². The van der Waals surface area contributed by atoms with Gasteiger partial charge >= 0.3 is 5.97 Å². The Hall–Kier alpha value is -2.65. The van der Waals surface area contributed by atoms with Crippen LogP contribution in [-0.4, -0.2) is 33.3 Å². The Labute approximate surface area is 155 Å². The largest absolute Gasteiger partial charge is 0.456 e. The van der Waals surface area contributed by atoms with Crippen LogP contribution in [0.2, 0.25) is 0 Å². The molecule has 2 aromatic rings. The van der Waals surface area contributed by atoms with Crippen molar-refractivity contribution < 1.29 is 31.5 Å². The van der Waals surface area contributed by atoms with Crippen molar-refractivity contribution in [3.8, 4) is 0 Å². The zero-order chi connectivity index (χ0) is 20.2. The van der Waals surface area contributed by atoms with Gasteiger partial charge in [0.25, 0.3) is 0 Å². The molecule has 9 heteroatoms. The number of halogens is 2. The van der Waals surface area contributed by atoms with Crippen molar-refractivity contribution >= 4 is 21.8 Å². The molecule has 0 saturated heterocycles. The predicted molar refractivity (Wildman–Crippen MR) is 92.8 cm³/mol. The van der Waals surface area contributed by atoms with E-state index in [0.29, 0.717) is 6.07 Å². The van der Waals surface area contributed by atoms with Crippen LogP contribution in [0.1, 0.15) is 21.5 Å². The number of aryl methyl sites for hydroxylation is 2. The fourth-order valence-corrected chi connectivity index (χ4v) is 3.12. The lowest BCUT2D eigenvalue weighted by Crippen LogP contribution is -2.31. The van der Waals surface area contributed by atoms with Gasteiger partial charge in [-0.25, -0.2) is 17.2 Å². The van der Waals surface area contributed by atoms with E-state index in [1.807, 2.05) is 6.92 Å². The van der Waals surface area contributed by atoms with E-state index in [9.17, 15) is 26.8 Å². The van der Waals surface area contributed by atoms with Crippen LogP contribution in [0.15, 0.2) is 41.3 Å². The SMILES string of the molecule is Cc1ccc(S(=O)(=O)NCC(=O)OCC(=O)c2ccc(F)c(F)c2)cc1C. The van der Waals surface area contributed by atoms with E-state index >= 15 is 0 Å². The molecule has 0 aliphatic heterocycles. The average molecular weight is 397 g/mol. The highest BCUT2D eigenvalue weighted by atomic mass is 32.2. The van der Waals surface area contributed by atoms with Crippen LogP contribution >= 0.6 is 0 Å². The molecule has 0 aliphatic carbocycles. The molecule has 0 aliphatic rings. The molecule has 0 fully saturated rings. The maximum absolute atomic E-state index is 13.1. The molecule has 144 valence electrons. The van der Waals surface area contributed by atoms with E-state index in [1.165, 1.54) is 12.1 Å². The van der Waals surface area contributed by atoms with Crippen molar-refractivity contribution in [2.45, 2.75) is 18.7 Å². The number of Topliss-reactive ketones (excluding diaryl/α,β-unsaturated/α-hetero) is 1. The molecule has 0 aromatic heterocycles. The zero-order valence-electron chi connectivity index (χ0n) is 14.6. The highest BCUT2D eigenvalue weighted by Gasteiger charge is 2.18. The van der Waals surface area contributed by atoms with E-state index in [4.69, 9.17) is 0 Å². The molecule has 0 unspecified atom stereocenters. The van der Waals surface area contributed by atoms with Gasteiger partial charge in [0, 0.05) is 5.56 Å². The summed E-state index contributed by atoms with van der Waals surface area (Å²) < 4.78 is 57.0.